The highest BCUT2D eigenvalue weighted by Crippen LogP contribution is 2.33. The average molecular weight is 426 g/mol. The second-order valence-corrected chi connectivity index (χ2v) is 6.88. The van der Waals surface area contributed by atoms with Crippen molar-refractivity contribution in [2.24, 2.45) is 0 Å². The van der Waals surface area contributed by atoms with Crippen molar-refractivity contribution in [3.05, 3.63) is 89.4 Å². The number of para-hydroxylation sites is 1. The van der Waals surface area contributed by atoms with E-state index in [-0.39, 0.29) is 11.4 Å². The molecule has 1 amide bonds. The van der Waals surface area contributed by atoms with Crippen LogP contribution in [0.3, 0.4) is 0 Å². The first-order chi connectivity index (χ1) is 14.8. The fourth-order valence-corrected chi connectivity index (χ4v) is 3.01. The minimum Gasteiger partial charge on any atom is -0.305 e. The Morgan fingerprint density at radius 2 is 1.81 bits per heavy atom. The number of hydrogen-bond donors (Lipinski definition) is 1. The summed E-state index contributed by atoms with van der Waals surface area (Å²) >= 11 is 0. The third-order valence-corrected chi connectivity index (χ3v) is 4.59. The zero-order chi connectivity index (χ0) is 22.0. The van der Waals surface area contributed by atoms with E-state index in [0.717, 1.165) is 28.1 Å². The van der Waals surface area contributed by atoms with Gasteiger partial charge in [0.05, 0.1) is 30.2 Å². The van der Waals surface area contributed by atoms with Crippen LogP contribution in [0.2, 0.25) is 0 Å². The minimum atomic E-state index is -4.56. The number of benzene rings is 2. The van der Waals surface area contributed by atoms with Gasteiger partial charge in [-0.15, -0.1) is 5.10 Å². The molecule has 31 heavy (non-hydrogen) atoms. The normalized spacial score (nSPS) is 11.5. The number of hydrogen-bond acceptors (Lipinski definition) is 4. The molecular formula is C21H17F3N6O. The van der Waals surface area contributed by atoms with Gasteiger partial charge in [0, 0.05) is 6.07 Å². The first kappa shape index (κ1) is 20.3. The van der Waals surface area contributed by atoms with E-state index >= 15 is 0 Å². The Kier molecular flexibility index (Phi) is 5.28. The molecule has 0 atom stereocenters. The summed E-state index contributed by atoms with van der Waals surface area (Å²) < 4.78 is 42.3. The maximum Gasteiger partial charge on any atom is 0.418 e. The lowest BCUT2D eigenvalue weighted by atomic mass is 10.1. The monoisotopic (exact) mass is 426 g/mol. The van der Waals surface area contributed by atoms with Crippen LogP contribution in [0.5, 0.6) is 0 Å². The molecule has 2 heterocycles. The summed E-state index contributed by atoms with van der Waals surface area (Å²) in [6.07, 6.45) is -1.87. The molecule has 4 aromatic rings. The number of amides is 1. The van der Waals surface area contributed by atoms with Crippen molar-refractivity contribution in [1.82, 2.24) is 24.8 Å². The Hall–Kier alpha value is -3.95. The zero-order valence-corrected chi connectivity index (χ0v) is 16.3. The Morgan fingerprint density at radius 3 is 2.55 bits per heavy atom. The van der Waals surface area contributed by atoms with Crippen molar-refractivity contribution in [2.45, 2.75) is 19.6 Å². The van der Waals surface area contributed by atoms with E-state index in [2.05, 4.69) is 20.7 Å². The lowest BCUT2D eigenvalue weighted by Crippen LogP contribution is -2.16. The molecule has 158 valence electrons. The molecule has 0 bridgehead atoms. The molecule has 0 saturated heterocycles. The Labute approximate surface area is 175 Å². The molecule has 0 fully saturated rings. The van der Waals surface area contributed by atoms with Crippen molar-refractivity contribution in [3.8, 4) is 5.69 Å². The van der Waals surface area contributed by atoms with Crippen LogP contribution in [0, 0.1) is 6.92 Å². The quantitative estimate of drug-likeness (QED) is 0.522. The van der Waals surface area contributed by atoms with E-state index in [1.54, 1.807) is 16.9 Å². The fourth-order valence-electron chi connectivity index (χ4n) is 3.01. The molecule has 2 aromatic heterocycles. The molecule has 2 aromatic carbocycles. The first-order valence-electron chi connectivity index (χ1n) is 9.29. The van der Waals surface area contributed by atoms with Gasteiger partial charge in [-0.3, -0.25) is 4.79 Å². The number of aryl methyl sites for hydroxylation is 1. The summed E-state index contributed by atoms with van der Waals surface area (Å²) in [5.74, 6) is -0.183. The van der Waals surface area contributed by atoms with Crippen LogP contribution in [0.15, 0.2) is 67.0 Å². The maximum atomic E-state index is 13.2. The van der Waals surface area contributed by atoms with Gasteiger partial charge in [0.1, 0.15) is 5.82 Å². The van der Waals surface area contributed by atoms with E-state index < -0.39 is 17.6 Å². The summed E-state index contributed by atoms with van der Waals surface area (Å²) in [7, 11) is 0. The molecule has 0 aliphatic carbocycles. The highest BCUT2D eigenvalue weighted by atomic mass is 19.4. The lowest BCUT2D eigenvalue weighted by molar-refractivity contribution is -0.137. The summed E-state index contributed by atoms with van der Waals surface area (Å²) in [6.45, 7) is 2.43. The van der Waals surface area contributed by atoms with Gasteiger partial charge in [0.25, 0.3) is 5.91 Å². The van der Waals surface area contributed by atoms with Crippen LogP contribution in [0.1, 0.15) is 27.2 Å². The predicted molar refractivity (Wildman–Crippen MR) is 107 cm³/mol. The van der Waals surface area contributed by atoms with Crippen molar-refractivity contribution in [3.63, 3.8) is 0 Å². The Bertz CT molecular complexity index is 1210. The number of nitrogens with one attached hydrogen (secondary N) is 1. The largest absolute Gasteiger partial charge is 0.418 e. The van der Waals surface area contributed by atoms with Gasteiger partial charge >= 0.3 is 6.18 Å². The molecule has 0 radical (unpaired) electrons. The van der Waals surface area contributed by atoms with Crippen LogP contribution in [0.4, 0.5) is 19.0 Å². The van der Waals surface area contributed by atoms with Gasteiger partial charge in [0.2, 0.25) is 0 Å². The van der Waals surface area contributed by atoms with Gasteiger partial charge in [0.15, 0.2) is 5.69 Å². The Morgan fingerprint density at radius 1 is 1.06 bits per heavy atom. The second kappa shape index (κ2) is 8.05. The van der Waals surface area contributed by atoms with Crippen molar-refractivity contribution >= 4 is 11.7 Å². The number of alkyl halides is 3. The van der Waals surface area contributed by atoms with Gasteiger partial charge < -0.3 is 5.32 Å². The molecule has 0 saturated carbocycles. The first-order valence-corrected chi connectivity index (χ1v) is 9.29. The highest BCUT2D eigenvalue weighted by molar-refractivity contribution is 6.02. The number of rotatable bonds is 5. The molecule has 7 nitrogen and oxygen atoms in total. The number of carbonyl (C=O) groups is 1. The van der Waals surface area contributed by atoms with E-state index in [1.165, 1.54) is 18.2 Å². The van der Waals surface area contributed by atoms with Crippen molar-refractivity contribution in [1.29, 1.82) is 0 Å². The fraction of sp³-hybridized carbons (Fsp3) is 0.143. The highest BCUT2D eigenvalue weighted by Gasteiger charge is 2.34. The van der Waals surface area contributed by atoms with E-state index in [4.69, 9.17) is 0 Å². The average Bonchev–Trinajstić information content (AvgIpc) is 3.39. The maximum absolute atomic E-state index is 13.2. The van der Waals surface area contributed by atoms with Crippen molar-refractivity contribution in [2.75, 3.05) is 5.32 Å². The third-order valence-electron chi connectivity index (χ3n) is 4.59. The summed E-state index contributed by atoms with van der Waals surface area (Å²) in [4.78, 5) is 12.6. The predicted octanol–water partition coefficient (Wildman–Crippen LogP) is 4.09. The molecule has 0 aliphatic heterocycles. The van der Waals surface area contributed by atoms with Crippen molar-refractivity contribution < 1.29 is 18.0 Å². The molecule has 4 rings (SSSR count). The molecule has 1 N–H and O–H groups in total. The van der Waals surface area contributed by atoms with Crippen LogP contribution in [-0.2, 0) is 12.7 Å². The molecule has 0 unspecified atom stereocenters. The number of anilines is 1. The standard InChI is InChI=1S/C21H17F3N6O/c1-14-6-8-15(9-7-14)12-30-19(10-11-25-30)26-20(31)17-13-29(28-27-17)18-5-3-2-4-16(18)21(22,23)24/h2-11,13H,12H2,1H3,(H,26,31). The van der Waals surface area contributed by atoms with Crippen LogP contribution < -0.4 is 5.32 Å². The van der Waals surface area contributed by atoms with Crippen LogP contribution in [-0.4, -0.2) is 30.7 Å². The lowest BCUT2D eigenvalue weighted by Gasteiger charge is -2.11. The molecule has 10 heteroatoms. The van der Waals surface area contributed by atoms with Gasteiger partial charge in [-0.25, -0.2) is 9.36 Å². The van der Waals surface area contributed by atoms with Gasteiger partial charge in [-0.1, -0.05) is 47.2 Å². The molecule has 0 spiro atoms. The summed E-state index contributed by atoms with van der Waals surface area (Å²) in [6, 6.07) is 14.5. The topological polar surface area (TPSA) is 77.6 Å². The second-order valence-electron chi connectivity index (χ2n) is 6.88. The summed E-state index contributed by atoms with van der Waals surface area (Å²) in [5, 5.41) is 14.3. The number of nitrogens with zero attached hydrogens (tertiary/aromatic N) is 5. The third kappa shape index (κ3) is 4.47. The van der Waals surface area contributed by atoms with E-state index in [9.17, 15) is 18.0 Å². The number of halogens is 3. The zero-order valence-electron chi connectivity index (χ0n) is 16.3. The number of aromatic nitrogens is 5. The SMILES string of the molecule is Cc1ccc(Cn2nccc2NC(=O)c2cn(-c3ccccc3C(F)(F)F)nn2)cc1. The summed E-state index contributed by atoms with van der Waals surface area (Å²) in [5.41, 5.74) is 0.918. The number of carbonyl (C=O) groups excluding carboxylic acids is 1. The van der Waals surface area contributed by atoms with Crippen LogP contribution >= 0.6 is 0 Å². The van der Waals surface area contributed by atoms with Gasteiger partial charge in [-0.2, -0.15) is 18.3 Å². The van der Waals surface area contributed by atoms with Gasteiger partial charge in [-0.05, 0) is 24.6 Å². The van der Waals surface area contributed by atoms with E-state index in [0.29, 0.717) is 12.4 Å². The van der Waals surface area contributed by atoms with E-state index in [1.807, 2.05) is 31.2 Å². The smallest absolute Gasteiger partial charge is 0.305 e. The molecule has 0 aliphatic rings. The Balaban J connectivity index is 1.53. The van der Waals surface area contributed by atoms with Crippen LogP contribution in [0.25, 0.3) is 5.69 Å². The minimum absolute atomic E-state index is 0.125. The molecular weight excluding hydrogens is 409 g/mol.